The maximum atomic E-state index is 14.7. The molecule has 2 unspecified atom stereocenters. The molecule has 26 nitrogen and oxygen atoms in total. The molecule has 0 aromatic heterocycles. The Morgan fingerprint density at radius 1 is 0.659 bits per heavy atom. The van der Waals surface area contributed by atoms with Crippen LogP contribution in [0.3, 0.4) is 0 Å². The van der Waals surface area contributed by atoms with E-state index >= 15 is 0 Å². The molecule has 0 radical (unpaired) electrons. The molecule has 85 heavy (non-hydrogen) atoms. The summed E-state index contributed by atoms with van der Waals surface area (Å²) in [5.41, 5.74) is 8.00. The van der Waals surface area contributed by atoms with Crippen molar-refractivity contribution in [3.05, 3.63) is 94.6 Å². The lowest BCUT2D eigenvalue weighted by atomic mass is 10.0. The molecule has 7 amide bonds. The zero-order valence-corrected chi connectivity index (χ0v) is 48.3. The minimum Gasteiger partial charge on any atom is -0.508 e. The number of carboxylic acids is 2. The number of amides is 7. The van der Waals surface area contributed by atoms with Gasteiger partial charge >= 0.3 is 18.0 Å². The standard InChI is InChI=1S/C57H82F2N14O12/c1-3-48(75)63-20-21-65-57(84)68-56(60)64-17-7-11-47(54(82)66-33-44-45(58)31-42(74)32-46(44)59)67-55(83)53(73-34-40-9-5-6-10-41(40)35-73)39-12-14-43(15-13-39)85-30-8-18-61-49(76)16-19-62-50(77)36-70-24-22-69(4-2)23-25-71(37-51(78)79)28-29-72(27-26-70)38-52(80)81/h5-6,9-10,12-15,31-32,47,53,74H,3-4,7-8,11,16-30,33-38H2,1-2H3,(H,61,76)(H,62,77)(H,63,75)(H,66,82)(H,67,83)(H,78,79)(H,80,81)(H4,60,64,65,68,84). The quantitative estimate of drug-likeness (QED) is 0.0242. The third-order valence-electron chi connectivity index (χ3n) is 14.1. The number of benzene rings is 3. The highest BCUT2D eigenvalue weighted by Gasteiger charge is 2.35. The molecule has 0 spiro atoms. The van der Waals surface area contributed by atoms with E-state index in [-0.39, 0.29) is 102 Å². The van der Waals surface area contributed by atoms with Gasteiger partial charge in [0.05, 0.1) is 26.2 Å². The lowest BCUT2D eigenvalue weighted by molar-refractivity contribution is -0.140. The fourth-order valence-electron chi connectivity index (χ4n) is 9.50. The number of halogens is 2. The number of fused-ring (bicyclic) bond motifs is 1. The number of nitrogens with zero attached hydrogens (tertiary/aromatic N) is 6. The van der Waals surface area contributed by atoms with Gasteiger partial charge in [-0.05, 0) is 54.6 Å². The maximum absolute atomic E-state index is 14.7. The first kappa shape index (κ1) is 67.7. The highest BCUT2D eigenvalue weighted by Crippen LogP contribution is 2.33. The number of nitrogens with two attached hydrogens (primary N) is 1. The number of nitrogens with one attached hydrogen (secondary N) is 7. The van der Waals surface area contributed by atoms with Crippen molar-refractivity contribution in [2.75, 3.05) is 118 Å². The van der Waals surface area contributed by atoms with E-state index < -0.39 is 71.4 Å². The van der Waals surface area contributed by atoms with Gasteiger partial charge in [0.1, 0.15) is 35.2 Å². The Kier molecular flexibility index (Phi) is 28.6. The number of carbonyl (C=O) groups excluding carboxylic acids is 6. The van der Waals surface area contributed by atoms with Gasteiger partial charge in [0.15, 0.2) is 5.96 Å². The van der Waals surface area contributed by atoms with Crippen LogP contribution in [0.25, 0.3) is 0 Å². The van der Waals surface area contributed by atoms with Crippen molar-refractivity contribution in [1.29, 1.82) is 0 Å². The van der Waals surface area contributed by atoms with Crippen LogP contribution in [-0.4, -0.2) is 217 Å². The Morgan fingerprint density at radius 2 is 1.21 bits per heavy atom. The Balaban J connectivity index is 1.13. The predicted octanol–water partition coefficient (Wildman–Crippen LogP) is 0.251. The third-order valence-corrected chi connectivity index (χ3v) is 14.1. The van der Waals surface area contributed by atoms with Gasteiger partial charge < -0.3 is 62.6 Å². The number of aromatic hydroxyl groups is 1. The monoisotopic (exact) mass is 1190 g/mol. The zero-order valence-electron chi connectivity index (χ0n) is 48.3. The van der Waals surface area contributed by atoms with Crippen molar-refractivity contribution < 1.29 is 67.2 Å². The number of guanidine groups is 1. The second-order valence-electron chi connectivity index (χ2n) is 20.5. The molecule has 0 saturated carbocycles. The average Bonchev–Trinajstić information content (AvgIpc) is 3.95. The molecule has 5 rings (SSSR count). The molecular weight excluding hydrogens is 1110 g/mol. The molecule has 3 aromatic carbocycles. The number of aliphatic carboxylic acids is 2. The second kappa shape index (κ2) is 35.9. The summed E-state index contributed by atoms with van der Waals surface area (Å²) in [6.07, 6.45) is 0.904. The molecule has 12 N–H and O–H groups in total. The van der Waals surface area contributed by atoms with E-state index in [2.05, 4.69) is 47.1 Å². The van der Waals surface area contributed by atoms with Crippen molar-refractivity contribution >= 4 is 53.5 Å². The van der Waals surface area contributed by atoms with E-state index in [9.17, 15) is 62.5 Å². The lowest BCUT2D eigenvalue weighted by Gasteiger charge is -2.33. The van der Waals surface area contributed by atoms with Crippen LogP contribution in [0.5, 0.6) is 11.5 Å². The zero-order chi connectivity index (χ0) is 61.7. The minimum atomic E-state index is -1.25. The van der Waals surface area contributed by atoms with Crippen LogP contribution >= 0.6 is 0 Å². The number of hydrogen-bond donors (Lipinski definition) is 11. The highest BCUT2D eigenvalue weighted by molar-refractivity contribution is 5.95. The number of hydrogen-bond acceptors (Lipinski definition) is 16. The summed E-state index contributed by atoms with van der Waals surface area (Å²) in [6.45, 7) is 9.02. The molecule has 0 aliphatic carbocycles. The molecule has 2 heterocycles. The van der Waals surface area contributed by atoms with Gasteiger partial charge in [0.25, 0.3) is 0 Å². The Bertz CT molecular complexity index is 2700. The van der Waals surface area contributed by atoms with Gasteiger partial charge in [-0.15, -0.1) is 0 Å². The summed E-state index contributed by atoms with van der Waals surface area (Å²) in [5.74, 6) is -6.55. The summed E-state index contributed by atoms with van der Waals surface area (Å²) in [5, 5.41) is 47.1. The summed E-state index contributed by atoms with van der Waals surface area (Å²) >= 11 is 0. The van der Waals surface area contributed by atoms with E-state index in [0.717, 1.165) is 17.7 Å². The fourth-order valence-corrected chi connectivity index (χ4v) is 9.50. The Labute approximate surface area is 493 Å². The number of phenols is 1. The largest absolute Gasteiger partial charge is 0.508 e. The average molecular weight is 1190 g/mol. The molecule has 2 aliphatic rings. The Hall–Kier alpha value is -8.05. The molecule has 1 saturated heterocycles. The smallest absolute Gasteiger partial charge is 0.321 e. The number of aliphatic imine (C=N–C) groups is 1. The predicted molar refractivity (Wildman–Crippen MR) is 310 cm³/mol. The van der Waals surface area contributed by atoms with Crippen molar-refractivity contribution in [3.63, 3.8) is 0 Å². The first-order valence-electron chi connectivity index (χ1n) is 28.6. The van der Waals surface area contributed by atoms with Gasteiger partial charge in [-0.25, -0.2) is 13.6 Å². The molecule has 2 atom stereocenters. The van der Waals surface area contributed by atoms with Crippen LogP contribution in [-0.2, 0) is 53.2 Å². The molecule has 2 aliphatic heterocycles. The summed E-state index contributed by atoms with van der Waals surface area (Å²) in [4.78, 5) is 115. The van der Waals surface area contributed by atoms with Crippen molar-refractivity contribution in [2.45, 2.75) is 77.7 Å². The number of urea groups is 1. The van der Waals surface area contributed by atoms with Gasteiger partial charge in [0.2, 0.25) is 29.5 Å². The molecule has 1 fully saturated rings. The summed E-state index contributed by atoms with van der Waals surface area (Å²) in [6, 6.07) is 13.2. The number of carbonyl (C=O) groups is 8. The highest BCUT2D eigenvalue weighted by atomic mass is 19.1. The molecule has 3 aromatic rings. The second-order valence-corrected chi connectivity index (χ2v) is 20.5. The number of likely N-dealkylation sites (N-methyl/N-ethyl adjacent to an activating group) is 1. The molecular formula is C57H82F2N14O12. The van der Waals surface area contributed by atoms with E-state index in [1.165, 1.54) is 0 Å². The number of ether oxygens (including phenoxy) is 1. The number of phenolic OH excluding ortho intramolecular Hbond substituents is 1. The van der Waals surface area contributed by atoms with Crippen molar-refractivity contribution in [1.82, 2.24) is 61.7 Å². The topological polar surface area (TPSA) is 345 Å². The van der Waals surface area contributed by atoms with Crippen LogP contribution in [0.4, 0.5) is 13.6 Å². The van der Waals surface area contributed by atoms with E-state index in [1.54, 1.807) is 41.0 Å². The first-order valence-corrected chi connectivity index (χ1v) is 28.6. The molecule has 28 heteroatoms. The fraction of sp³-hybridized carbons (Fsp3) is 0.526. The van der Waals surface area contributed by atoms with Crippen LogP contribution in [0, 0.1) is 11.6 Å². The normalized spacial score (nSPS) is 15.6. The van der Waals surface area contributed by atoms with Crippen molar-refractivity contribution in [3.8, 4) is 11.5 Å². The molecule has 0 bridgehead atoms. The van der Waals surface area contributed by atoms with Crippen LogP contribution in [0.2, 0.25) is 0 Å². The Morgan fingerprint density at radius 3 is 1.79 bits per heavy atom. The minimum absolute atomic E-state index is 0.0000251. The first-order chi connectivity index (χ1) is 40.8. The van der Waals surface area contributed by atoms with Gasteiger partial charge in [-0.1, -0.05) is 50.2 Å². The van der Waals surface area contributed by atoms with Gasteiger partial charge in [-0.3, -0.25) is 63.5 Å². The van der Waals surface area contributed by atoms with E-state index in [1.807, 2.05) is 41.0 Å². The summed E-state index contributed by atoms with van der Waals surface area (Å²) < 4.78 is 35.4. The molecule has 466 valence electrons. The van der Waals surface area contributed by atoms with Gasteiger partial charge in [-0.2, -0.15) is 0 Å². The van der Waals surface area contributed by atoms with Crippen LogP contribution in [0.1, 0.15) is 74.2 Å². The van der Waals surface area contributed by atoms with E-state index in [0.29, 0.717) is 102 Å². The summed E-state index contributed by atoms with van der Waals surface area (Å²) in [7, 11) is 0. The van der Waals surface area contributed by atoms with Crippen LogP contribution < -0.4 is 47.7 Å². The SMILES string of the molecule is CCC(=O)NCCNC(=O)NC(N)=NCCCC(NC(=O)C(c1ccc(OCCCNC(=O)CCNC(=O)CN2CCN(CC)CCN(CC(=O)O)CCN(CC(=O)O)CC2)cc1)N1Cc2ccccc2C1)C(=O)NCc1c(F)cc(O)cc1F. The third kappa shape index (κ3) is 24.6. The van der Waals surface area contributed by atoms with Crippen LogP contribution in [0.15, 0.2) is 65.7 Å². The lowest BCUT2D eigenvalue weighted by Crippen LogP contribution is -2.50. The van der Waals surface area contributed by atoms with E-state index in [4.69, 9.17) is 10.5 Å². The van der Waals surface area contributed by atoms with Crippen molar-refractivity contribution in [2.24, 2.45) is 10.7 Å². The number of carboxylic acid groups (broad SMARTS) is 2. The van der Waals surface area contributed by atoms with Gasteiger partial charge in [0, 0.05) is 135 Å². The number of rotatable bonds is 30. The maximum Gasteiger partial charge on any atom is 0.321 e.